The smallest absolute Gasteiger partial charge is 0.271 e. The summed E-state index contributed by atoms with van der Waals surface area (Å²) in [6, 6.07) is 11.1. The fourth-order valence-electron chi connectivity index (χ4n) is 2.46. The summed E-state index contributed by atoms with van der Waals surface area (Å²) in [6.45, 7) is 5.94. The van der Waals surface area contributed by atoms with Gasteiger partial charge in [-0.15, -0.1) is 0 Å². The lowest BCUT2D eigenvalue weighted by molar-refractivity contribution is 0.0954. The zero-order valence-electron chi connectivity index (χ0n) is 14.6. The molecule has 5 nitrogen and oxygen atoms in total. The summed E-state index contributed by atoms with van der Waals surface area (Å²) in [5.41, 5.74) is 7.10. The van der Waals surface area contributed by atoms with Crippen LogP contribution in [0.2, 0.25) is 0 Å². The molecule has 0 heterocycles. The standard InChI is InChI=1S/C19H22N2O3/c1-12-6-8-16(13(2)10-12)14(3)20-21-19(22)15-7-9-17(23-4)18(11-15)24-5/h6-11H,1-5H3,(H,21,22)/b20-14+. The highest BCUT2D eigenvalue weighted by Crippen LogP contribution is 2.27. The molecule has 0 aliphatic rings. The molecular formula is C19H22N2O3. The molecule has 1 N–H and O–H groups in total. The summed E-state index contributed by atoms with van der Waals surface area (Å²) >= 11 is 0. The minimum Gasteiger partial charge on any atom is -0.493 e. The minimum absolute atomic E-state index is 0.305. The summed E-state index contributed by atoms with van der Waals surface area (Å²) in [5, 5.41) is 4.20. The first-order valence-corrected chi connectivity index (χ1v) is 7.60. The zero-order chi connectivity index (χ0) is 17.7. The highest BCUT2D eigenvalue weighted by atomic mass is 16.5. The van der Waals surface area contributed by atoms with Crippen LogP contribution in [0.1, 0.15) is 34.0 Å². The largest absolute Gasteiger partial charge is 0.493 e. The van der Waals surface area contributed by atoms with Crippen molar-refractivity contribution >= 4 is 11.6 Å². The molecule has 5 heteroatoms. The Hall–Kier alpha value is -2.82. The Bertz CT molecular complexity index is 782. The Kier molecular flexibility index (Phi) is 5.58. The van der Waals surface area contributed by atoms with Gasteiger partial charge in [0.2, 0.25) is 0 Å². The monoisotopic (exact) mass is 326 g/mol. The molecule has 0 saturated heterocycles. The van der Waals surface area contributed by atoms with Crippen LogP contribution >= 0.6 is 0 Å². The van der Waals surface area contributed by atoms with Crippen LogP contribution in [-0.2, 0) is 0 Å². The lowest BCUT2D eigenvalue weighted by Crippen LogP contribution is -2.19. The molecule has 24 heavy (non-hydrogen) atoms. The first kappa shape index (κ1) is 17.5. The number of methoxy groups -OCH3 is 2. The van der Waals surface area contributed by atoms with E-state index in [-0.39, 0.29) is 5.91 Å². The van der Waals surface area contributed by atoms with Crippen molar-refractivity contribution < 1.29 is 14.3 Å². The van der Waals surface area contributed by atoms with E-state index in [1.165, 1.54) is 12.7 Å². The molecule has 0 aliphatic carbocycles. The maximum Gasteiger partial charge on any atom is 0.271 e. The molecule has 0 saturated carbocycles. The van der Waals surface area contributed by atoms with Gasteiger partial charge in [0.15, 0.2) is 11.5 Å². The van der Waals surface area contributed by atoms with Crippen molar-refractivity contribution in [2.45, 2.75) is 20.8 Å². The fourth-order valence-corrected chi connectivity index (χ4v) is 2.46. The Balaban J connectivity index is 2.17. The van der Waals surface area contributed by atoms with Gasteiger partial charge in [-0.1, -0.05) is 23.8 Å². The number of nitrogens with one attached hydrogen (secondary N) is 1. The van der Waals surface area contributed by atoms with Crippen LogP contribution in [0, 0.1) is 13.8 Å². The molecule has 0 atom stereocenters. The number of hydrazone groups is 1. The summed E-state index contributed by atoms with van der Waals surface area (Å²) in [7, 11) is 3.08. The molecule has 0 radical (unpaired) electrons. The maximum atomic E-state index is 12.3. The second-order valence-electron chi connectivity index (χ2n) is 5.53. The van der Waals surface area contributed by atoms with Crippen LogP contribution in [0.5, 0.6) is 11.5 Å². The first-order valence-electron chi connectivity index (χ1n) is 7.60. The summed E-state index contributed by atoms with van der Waals surface area (Å²) < 4.78 is 10.4. The third-order valence-electron chi connectivity index (χ3n) is 3.74. The van der Waals surface area contributed by atoms with Crippen molar-refractivity contribution in [2.75, 3.05) is 14.2 Å². The van der Waals surface area contributed by atoms with Gasteiger partial charge < -0.3 is 9.47 Å². The number of ether oxygens (including phenoxy) is 2. The number of carbonyl (C=O) groups is 1. The molecule has 0 aromatic heterocycles. The summed E-state index contributed by atoms with van der Waals surface area (Å²) in [5.74, 6) is 0.768. The van der Waals surface area contributed by atoms with Crippen molar-refractivity contribution in [1.29, 1.82) is 0 Å². The van der Waals surface area contributed by atoms with Gasteiger partial charge in [-0.25, -0.2) is 5.43 Å². The first-order chi connectivity index (χ1) is 11.5. The van der Waals surface area contributed by atoms with Gasteiger partial charge in [0, 0.05) is 11.1 Å². The molecule has 0 aliphatic heterocycles. The normalized spacial score (nSPS) is 11.1. The highest BCUT2D eigenvalue weighted by molar-refractivity contribution is 6.02. The number of hydrogen-bond donors (Lipinski definition) is 1. The second kappa shape index (κ2) is 7.64. The molecule has 2 rings (SSSR count). The molecule has 2 aromatic carbocycles. The molecule has 126 valence electrons. The van der Waals surface area contributed by atoms with E-state index in [0.717, 1.165) is 16.8 Å². The number of nitrogens with zero attached hydrogens (tertiary/aromatic N) is 1. The van der Waals surface area contributed by atoms with Crippen molar-refractivity contribution in [3.8, 4) is 11.5 Å². The number of aryl methyl sites for hydroxylation is 2. The number of carbonyl (C=O) groups excluding carboxylic acids is 1. The zero-order valence-corrected chi connectivity index (χ0v) is 14.6. The molecular weight excluding hydrogens is 304 g/mol. The number of hydrogen-bond acceptors (Lipinski definition) is 4. The Morgan fingerprint density at radius 3 is 2.33 bits per heavy atom. The molecule has 0 bridgehead atoms. The summed E-state index contributed by atoms with van der Waals surface area (Å²) in [4.78, 5) is 12.3. The Labute approximate surface area is 142 Å². The van der Waals surface area contributed by atoms with Gasteiger partial charge in [-0.3, -0.25) is 4.79 Å². The van der Waals surface area contributed by atoms with Crippen LogP contribution < -0.4 is 14.9 Å². The SMILES string of the molecule is COc1ccc(C(=O)N/N=C(\C)c2ccc(C)cc2C)cc1OC. The lowest BCUT2D eigenvalue weighted by atomic mass is 10.0. The van der Waals surface area contributed by atoms with E-state index in [9.17, 15) is 4.79 Å². The van der Waals surface area contributed by atoms with Gasteiger partial charge >= 0.3 is 0 Å². The predicted octanol–water partition coefficient (Wildman–Crippen LogP) is 3.47. The van der Waals surface area contributed by atoms with Gasteiger partial charge in [-0.2, -0.15) is 5.10 Å². The Morgan fingerprint density at radius 2 is 1.71 bits per heavy atom. The number of amides is 1. The Morgan fingerprint density at radius 1 is 1.00 bits per heavy atom. The van der Waals surface area contributed by atoms with E-state index in [2.05, 4.69) is 16.6 Å². The van der Waals surface area contributed by atoms with E-state index >= 15 is 0 Å². The van der Waals surface area contributed by atoms with Gasteiger partial charge in [0.25, 0.3) is 5.91 Å². The van der Waals surface area contributed by atoms with E-state index in [1.807, 2.05) is 32.9 Å². The highest BCUT2D eigenvalue weighted by Gasteiger charge is 2.10. The molecule has 2 aromatic rings. The van der Waals surface area contributed by atoms with Crippen molar-refractivity contribution in [2.24, 2.45) is 5.10 Å². The average molecular weight is 326 g/mol. The van der Waals surface area contributed by atoms with Gasteiger partial charge in [0.05, 0.1) is 19.9 Å². The van der Waals surface area contributed by atoms with E-state index in [4.69, 9.17) is 9.47 Å². The minimum atomic E-state index is -0.305. The molecule has 0 unspecified atom stereocenters. The van der Waals surface area contributed by atoms with Crippen LogP contribution in [0.25, 0.3) is 0 Å². The van der Waals surface area contributed by atoms with Crippen molar-refractivity contribution in [3.05, 3.63) is 58.7 Å². The second-order valence-corrected chi connectivity index (χ2v) is 5.53. The third kappa shape index (κ3) is 3.93. The third-order valence-corrected chi connectivity index (χ3v) is 3.74. The van der Waals surface area contributed by atoms with Crippen molar-refractivity contribution in [3.63, 3.8) is 0 Å². The molecule has 1 amide bonds. The molecule has 0 spiro atoms. The van der Waals surface area contributed by atoms with E-state index < -0.39 is 0 Å². The maximum absolute atomic E-state index is 12.3. The lowest BCUT2D eigenvalue weighted by Gasteiger charge is -2.09. The molecule has 0 fully saturated rings. The van der Waals surface area contributed by atoms with Crippen LogP contribution in [-0.4, -0.2) is 25.8 Å². The number of benzene rings is 2. The van der Waals surface area contributed by atoms with Crippen molar-refractivity contribution in [1.82, 2.24) is 5.43 Å². The fraction of sp³-hybridized carbons (Fsp3) is 0.263. The van der Waals surface area contributed by atoms with Crippen LogP contribution in [0.4, 0.5) is 0 Å². The van der Waals surface area contributed by atoms with Crippen LogP contribution in [0.15, 0.2) is 41.5 Å². The summed E-state index contributed by atoms with van der Waals surface area (Å²) in [6.07, 6.45) is 0. The quantitative estimate of drug-likeness (QED) is 0.676. The van der Waals surface area contributed by atoms with E-state index in [1.54, 1.807) is 25.3 Å². The topological polar surface area (TPSA) is 59.9 Å². The number of rotatable bonds is 5. The van der Waals surface area contributed by atoms with Crippen LogP contribution in [0.3, 0.4) is 0 Å². The van der Waals surface area contributed by atoms with E-state index in [0.29, 0.717) is 17.1 Å². The van der Waals surface area contributed by atoms with Gasteiger partial charge in [0.1, 0.15) is 0 Å². The van der Waals surface area contributed by atoms with Gasteiger partial charge in [-0.05, 0) is 44.5 Å². The predicted molar refractivity (Wildman–Crippen MR) is 95.1 cm³/mol. The average Bonchev–Trinajstić information content (AvgIpc) is 2.58.